The molecule has 5 nitrogen and oxygen atoms in total. The van der Waals surface area contributed by atoms with Crippen LogP contribution in [-0.2, 0) is 0 Å². The van der Waals surface area contributed by atoms with Gasteiger partial charge in [-0.05, 0) is 34.0 Å². The van der Waals surface area contributed by atoms with E-state index in [1.54, 1.807) is 0 Å². The molecule has 12 heavy (non-hydrogen) atoms. The lowest BCUT2D eigenvalue weighted by Crippen LogP contribution is -2.92. The molecule has 0 atom stereocenters. The van der Waals surface area contributed by atoms with Crippen LogP contribution in [0.3, 0.4) is 0 Å². The monoisotopic (exact) mass is 171 g/mol. The third kappa shape index (κ3) is 9.03. The molecule has 1 aromatic heterocycles. The van der Waals surface area contributed by atoms with E-state index in [0.29, 0.717) is 0 Å². The number of hydrogen-bond acceptors (Lipinski definition) is 3. The Hall–Kier alpha value is -0.970. The molecule has 0 aliphatic rings. The van der Waals surface area contributed by atoms with E-state index in [1.807, 2.05) is 0 Å². The molecule has 0 aromatic carbocycles. The Morgan fingerprint density at radius 2 is 1.75 bits per heavy atom. The number of nitrogens with two attached hydrogens (primary N) is 1. The van der Waals surface area contributed by atoms with Crippen LogP contribution in [0.25, 0.3) is 0 Å². The topological polar surface area (TPSA) is 69.4 Å². The smallest absolute Gasteiger partial charge is 0.0803 e. The summed E-state index contributed by atoms with van der Waals surface area (Å²) in [5.41, 5.74) is 0. The molecular weight excluding hydrogens is 154 g/mol. The predicted octanol–water partition coefficient (Wildman–Crippen LogP) is -0.805. The van der Waals surface area contributed by atoms with Crippen molar-refractivity contribution in [1.29, 1.82) is 0 Å². The molecule has 0 saturated heterocycles. The summed E-state index contributed by atoms with van der Waals surface area (Å²) in [4.78, 5) is 0. The van der Waals surface area contributed by atoms with Gasteiger partial charge in [0.15, 0.2) is 0 Å². The van der Waals surface area contributed by atoms with E-state index >= 15 is 0 Å². The lowest BCUT2D eigenvalue weighted by Gasteiger charge is -2.06. The highest BCUT2D eigenvalue weighted by Gasteiger charge is 1.96. The zero-order chi connectivity index (χ0) is 9.40. The second-order valence-corrected chi connectivity index (χ2v) is 3.21. The Morgan fingerprint density at radius 3 is 1.83 bits per heavy atom. The molecule has 0 amide bonds. The largest absolute Gasteiger partial charge is 0.342 e. The Balaban J connectivity index is 0.000000211. The van der Waals surface area contributed by atoms with Gasteiger partial charge in [-0.25, -0.2) is 0 Å². The van der Waals surface area contributed by atoms with Gasteiger partial charge in [0.05, 0.1) is 12.1 Å². The molecule has 1 rings (SSSR count). The molecule has 2 N–H and O–H groups in total. The molecule has 1 aromatic rings. The fourth-order valence-corrected chi connectivity index (χ4v) is 0.885. The van der Waals surface area contributed by atoms with Gasteiger partial charge in [-0.2, -0.15) is 5.21 Å². The summed E-state index contributed by atoms with van der Waals surface area (Å²) in [5, 5.41) is 15.1. The van der Waals surface area contributed by atoms with Gasteiger partial charge < -0.3 is 10.4 Å². The maximum absolute atomic E-state index is 3.25. The van der Waals surface area contributed by atoms with E-state index in [9.17, 15) is 0 Å². The SMILES string of the molecule is CC(C)[NH2+]C(C)C.c1nnn[n-]1. The number of quaternary nitrogens is 1. The highest BCUT2D eigenvalue weighted by molar-refractivity contribution is 4.31. The van der Waals surface area contributed by atoms with E-state index in [1.165, 1.54) is 6.33 Å². The zero-order valence-corrected chi connectivity index (χ0v) is 8.10. The molecule has 0 aliphatic heterocycles. The standard InChI is InChI=1S/C6H15N.CHN4/c1-5(2)7-6(3)4;1-2-4-5-3-1/h5-7H,1-4H3;1H/q;-1/p+1. The van der Waals surface area contributed by atoms with Gasteiger partial charge in [0, 0.05) is 0 Å². The average molecular weight is 171 g/mol. The number of hydrogen-bond donors (Lipinski definition) is 1. The van der Waals surface area contributed by atoms with E-state index in [0.717, 1.165) is 12.1 Å². The van der Waals surface area contributed by atoms with Crippen molar-refractivity contribution in [1.82, 2.24) is 20.6 Å². The molecule has 0 saturated carbocycles. The Bertz CT molecular complexity index is 135. The van der Waals surface area contributed by atoms with Gasteiger partial charge >= 0.3 is 0 Å². The zero-order valence-electron chi connectivity index (χ0n) is 8.10. The first-order valence-corrected chi connectivity index (χ1v) is 4.09. The van der Waals surface area contributed by atoms with Crippen LogP contribution in [-0.4, -0.2) is 27.6 Å². The summed E-state index contributed by atoms with van der Waals surface area (Å²) in [7, 11) is 0. The average Bonchev–Trinajstić information content (AvgIpc) is 2.36. The fourth-order valence-electron chi connectivity index (χ4n) is 0.885. The van der Waals surface area contributed by atoms with Crippen LogP contribution >= 0.6 is 0 Å². The summed E-state index contributed by atoms with van der Waals surface area (Å²) in [6, 6.07) is 1.50. The van der Waals surface area contributed by atoms with Gasteiger partial charge in [0.2, 0.25) is 0 Å². The number of tetrazole rings is 1. The van der Waals surface area contributed by atoms with Crippen molar-refractivity contribution in [2.45, 2.75) is 39.8 Å². The van der Waals surface area contributed by atoms with Crippen molar-refractivity contribution in [3.8, 4) is 0 Å². The predicted molar refractivity (Wildman–Crippen MR) is 45.3 cm³/mol. The quantitative estimate of drug-likeness (QED) is 0.632. The van der Waals surface area contributed by atoms with Crippen LogP contribution in [0.4, 0.5) is 0 Å². The Labute approximate surface area is 73.0 Å². The summed E-state index contributed by atoms with van der Waals surface area (Å²) < 4.78 is 0. The molecule has 5 heteroatoms. The van der Waals surface area contributed by atoms with Crippen LogP contribution in [0.15, 0.2) is 6.33 Å². The summed E-state index contributed by atoms with van der Waals surface area (Å²) >= 11 is 0. The maximum atomic E-state index is 3.25. The molecule has 0 aliphatic carbocycles. The molecule has 0 spiro atoms. The van der Waals surface area contributed by atoms with Gasteiger partial charge in [-0.15, -0.1) is 0 Å². The third-order valence-corrected chi connectivity index (χ3v) is 1.02. The molecule has 70 valence electrons. The Morgan fingerprint density at radius 1 is 1.17 bits per heavy atom. The minimum atomic E-state index is 0.750. The van der Waals surface area contributed by atoms with Gasteiger partial charge in [-0.1, -0.05) is 0 Å². The Kier molecular flexibility index (Phi) is 6.18. The van der Waals surface area contributed by atoms with E-state index in [-0.39, 0.29) is 0 Å². The third-order valence-electron chi connectivity index (χ3n) is 1.02. The summed E-state index contributed by atoms with van der Waals surface area (Å²) in [6.45, 7) is 8.83. The molecule has 0 unspecified atom stereocenters. The number of rotatable bonds is 2. The van der Waals surface area contributed by atoms with Crippen molar-refractivity contribution in [3.05, 3.63) is 6.33 Å². The number of aromatic nitrogens is 4. The maximum Gasteiger partial charge on any atom is 0.0803 e. The van der Waals surface area contributed by atoms with Crippen LogP contribution in [0.5, 0.6) is 0 Å². The minimum absolute atomic E-state index is 0.750. The molecule has 0 bridgehead atoms. The summed E-state index contributed by atoms with van der Waals surface area (Å²) in [5.74, 6) is 0. The van der Waals surface area contributed by atoms with E-state index in [2.05, 4.69) is 53.6 Å². The molecule has 0 fully saturated rings. The molecule has 0 radical (unpaired) electrons. The van der Waals surface area contributed by atoms with Crippen LogP contribution in [0.1, 0.15) is 27.7 Å². The van der Waals surface area contributed by atoms with Gasteiger partial charge in [0.25, 0.3) is 0 Å². The van der Waals surface area contributed by atoms with Crippen LogP contribution in [0.2, 0.25) is 0 Å². The highest BCUT2D eigenvalue weighted by atomic mass is 15.5. The second kappa shape index (κ2) is 6.72. The lowest BCUT2D eigenvalue weighted by atomic mass is 10.3. The molecule has 1 heterocycles. The van der Waals surface area contributed by atoms with Crippen LogP contribution < -0.4 is 10.4 Å². The minimum Gasteiger partial charge on any atom is -0.342 e. The van der Waals surface area contributed by atoms with Crippen molar-refractivity contribution in [2.75, 3.05) is 0 Å². The molecular formula is C7H17N5. The van der Waals surface area contributed by atoms with E-state index < -0.39 is 0 Å². The second-order valence-electron chi connectivity index (χ2n) is 3.21. The van der Waals surface area contributed by atoms with Gasteiger partial charge in [0.1, 0.15) is 0 Å². The lowest BCUT2D eigenvalue weighted by molar-refractivity contribution is -0.709. The van der Waals surface area contributed by atoms with Crippen molar-refractivity contribution >= 4 is 0 Å². The fraction of sp³-hybridized carbons (Fsp3) is 0.857. The van der Waals surface area contributed by atoms with E-state index in [4.69, 9.17) is 0 Å². The first-order chi connectivity index (χ1) is 5.63. The van der Waals surface area contributed by atoms with Crippen molar-refractivity contribution in [2.24, 2.45) is 0 Å². The van der Waals surface area contributed by atoms with Crippen molar-refractivity contribution < 1.29 is 5.32 Å². The first-order valence-electron chi connectivity index (χ1n) is 4.09. The number of nitrogens with zero attached hydrogens (tertiary/aromatic N) is 4. The summed E-state index contributed by atoms with van der Waals surface area (Å²) in [6.07, 6.45) is 1.28. The normalized spacial score (nSPS) is 9.83. The van der Waals surface area contributed by atoms with Gasteiger partial charge in [-0.3, -0.25) is 10.3 Å². The van der Waals surface area contributed by atoms with Crippen LogP contribution in [0, 0.1) is 0 Å². The first kappa shape index (κ1) is 11.0. The van der Waals surface area contributed by atoms with Crippen molar-refractivity contribution in [3.63, 3.8) is 0 Å². The highest BCUT2D eigenvalue weighted by Crippen LogP contribution is 1.67.